The molecule has 348 valence electrons. The van der Waals surface area contributed by atoms with Gasteiger partial charge < -0.3 is 18.9 Å². The van der Waals surface area contributed by atoms with Crippen molar-refractivity contribution in [2.45, 2.75) is 200 Å². The molecule has 2 unspecified atom stereocenters. The van der Waals surface area contributed by atoms with E-state index in [1.54, 1.807) is 0 Å². The van der Waals surface area contributed by atoms with Gasteiger partial charge in [-0.25, -0.2) is 4.57 Å². The first-order chi connectivity index (χ1) is 29.0. The maximum absolute atomic E-state index is 12.6. The third-order valence-corrected chi connectivity index (χ3v) is 11.0. The molecule has 1 N–H and O–H groups in total. The van der Waals surface area contributed by atoms with Crippen molar-refractivity contribution < 1.29 is 42.1 Å². The number of phosphoric ester groups is 1. The van der Waals surface area contributed by atoms with Crippen LogP contribution in [0.2, 0.25) is 0 Å². The molecule has 0 aliphatic carbocycles. The van der Waals surface area contributed by atoms with E-state index in [0.717, 1.165) is 44.9 Å². The lowest BCUT2D eigenvalue weighted by atomic mass is 10.0. The van der Waals surface area contributed by atoms with Crippen LogP contribution in [0.3, 0.4) is 0 Å². The van der Waals surface area contributed by atoms with Crippen LogP contribution in [-0.4, -0.2) is 74.9 Å². The van der Waals surface area contributed by atoms with Gasteiger partial charge in [0.15, 0.2) is 6.10 Å². The number of allylic oxidation sites excluding steroid dienone is 10. The lowest BCUT2D eigenvalue weighted by molar-refractivity contribution is -0.870. The summed E-state index contributed by atoms with van der Waals surface area (Å²) in [6, 6.07) is 0. The van der Waals surface area contributed by atoms with Crippen molar-refractivity contribution in [3.8, 4) is 0 Å². The highest BCUT2D eigenvalue weighted by molar-refractivity contribution is 7.47. The van der Waals surface area contributed by atoms with Crippen LogP contribution in [0.15, 0.2) is 60.8 Å². The Morgan fingerprint density at radius 2 is 0.983 bits per heavy atom. The highest BCUT2D eigenvalue weighted by atomic mass is 31.2. The van der Waals surface area contributed by atoms with E-state index in [9.17, 15) is 19.0 Å². The van der Waals surface area contributed by atoms with Crippen molar-refractivity contribution in [1.82, 2.24) is 0 Å². The van der Waals surface area contributed by atoms with Gasteiger partial charge in [-0.3, -0.25) is 18.6 Å². The van der Waals surface area contributed by atoms with E-state index in [1.165, 1.54) is 116 Å². The second-order valence-electron chi connectivity index (χ2n) is 17.1. The minimum Gasteiger partial charge on any atom is -0.462 e. The summed E-state index contributed by atoms with van der Waals surface area (Å²) in [5, 5.41) is 0. The smallest absolute Gasteiger partial charge is 0.462 e. The minimum absolute atomic E-state index is 0.0172. The van der Waals surface area contributed by atoms with E-state index >= 15 is 0 Å². The third kappa shape index (κ3) is 45.2. The number of carbonyl (C=O) groups excluding carboxylic acids is 2. The molecular weight excluding hydrogens is 774 g/mol. The topological polar surface area (TPSA) is 108 Å². The molecular formula is C50H91NO8P+. The summed E-state index contributed by atoms with van der Waals surface area (Å²) in [7, 11) is 1.43. The summed E-state index contributed by atoms with van der Waals surface area (Å²) in [6.45, 7) is 4.22. The Morgan fingerprint density at radius 1 is 0.533 bits per heavy atom. The summed E-state index contributed by atoms with van der Waals surface area (Å²) in [6.07, 6.45) is 51.6. The summed E-state index contributed by atoms with van der Waals surface area (Å²) < 4.78 is 34.2. The van der Waals surface area contributed by atoms with Gasteiger partial charge >= 0.3 is 19.8 Å². The Bertz CT molecular complexity index is 1210. The Hall–Kier alpha value is -2.29. The lowest BCUT2D eigenvalue weighted by Crippen LogP contribution is -2.37. The van der Waals surface area contributed by atoms with Crippen molar-refractivity contribution >= 4 is 19.8 Å². The van der Waals surface area contributed by atoms with Gasteiger partial charge in [-0.05, 0) is 64.2 Å². The van der Waals surface area contributed by atoms with Crippen LogP contribution < -0.4 is 0 Å². The fourth-order valence-electron chi connectivity index (χ4n) is 6.32. The molecule has 0 spiro atoms. The zero-order valence-corrected chi connectivity index (χ0v) is 40.1. The minimum atomic E-state index is -4.40. The SMILES string of the molecule is CC/C=C\C/C=C\C/C=C\C/C=C\CCC(=O)OC(COC(=O)CCCCCCCCCCCCC/C=C\CCCCCCCCCC)COP(=O)(O)OCC[N+](C)(C)C. The predicted octanol–water partition coefficient (Wildman–Crippen LogP) is 14.0. The van der Waals surface area contributed by atoms with Crippen LogP contribution in [0.1, 0.15) is 194 Å². The van der Waals surface area contributed by atoms with E-state index in [4.69, 9.17) is 18.5 Å². The quantitative estimate of drug-likeness (QED) is 0.0212. The number of quaternary nitrogens is 1. The highest BCUT2D eigenvalue weighted by Gasteiger charge is 2.27. The molecule has 0 aromatic rings. The zero-order valence-electron chi connectivity index (χ0n) is 39.2. The largest absolute Gasteiger partial charge is 0.472 e. The molecule has 2 atom stereocenters. The molecule has 60 heavy (non-hydrogen) atoms. The maximum atomic E-state index is 12.6. The Kier molecular flexibility index (Phi) is 40.4. The predicted molar refractivity (Wildman–Crippen MR) is 252 cm³/mol. The van der Waals surface area contributed by atoms with Gasteiger partial charge in [0.2, 0.25) is 0 Å². The second kappa shape index (κ2) is 42.0. The van der Waals surface area contributed by atoms with Gasteiger partial charge in [0, 0.05) is 12.8 Å². The molecule has 0 rings (SSSR count). The average Bonchev–Trinajstić information content (AvgIpc) is 3.20. The first kappa shape index (κ1) is 57.7. The summed E-state index contributed by atoms with van der Waals surface area (Å²) in [5.41, 5.74) is 0. The number of unbranched alkanes of at least 4 members (excludes halogenated alkanes) is 19. The molecule has 0 fully saturated rings. The summed E-state index contributed by atoms with van der Waals surface area (Å²) >= 11 is 0. The Balaban J connectivity index is 4.27. The zero-order chi connectivity index (χ0) is 44.3. The lowest BCUT2D eigenvalue weighted by Gasteiger charge is -2.24. The third-order valence-electron chi connectivity index (χ3n) is 10.0. The van der Waals surface area contributed by atoms with Gasteiger partial charge in [0.25, 0.3) is 0 Å². The van der Waals surface area contributed by atoms with E-state index in [-0.39, 0.29) is 32.0 Å². The summed E-state index contributed by atoms with van der Waals surface area (Å²) in [4.78, 5) is 35.4. The molecule has 0 radical (unpaired) electrons. The number of hydrogen-bond donors (Lipinski definition) is 1. The molecule has 0 amide bonds. The van der Waals surface area contributed by atoms with Crippen molar-refractivity contribution in [3.63, 3.8) is 0 Å². The van der Waals surface area contributed by atoms with E-state index in [1.807, 2.05) is 33.3 Å². The molecule has 0 aromatic carbocycles. The normalized spacial score (nSPS) is 14.0. The van der Waals surface area contributed by atoms with Gasteiger partial charge in [-0.15, -0.1) is 0 Å². The highest BCUT2D eigenvalue weighted by Crippen LogP contribution is 2.43. The molecule has 9 nitrogen and oxygen atoms in total. The van der Waals surface area contributed by atoms with Crippen LogP contribution in [0.5, 0.6) is 0 Å². The number of hydrogen-bond acceptors (Lipinski definition) is 7. The van der Waals surface area contributed by atoms with Crippen molar-refractivity contribution in [2.75, 3.05) is 47.5 Å². The standard InChI is InChI=1S/C50H90NO8P/c1-6-8-10-12-14-16-18-20-21-22-23-24-25-26-27-28-29-31-32-34-36-38-40-42-49(52)56-46-48(47-58-60(54,55)57-45-44-51(3,4)5)59-50(53)43-41-39-37-35-33-30-19-17-15-13-11-9-7-2/h9,11,15,17,22-23,30,33,37,39,48H,6-8,10,12-14,16,18-21,24-29,31-32,34-36,38,40-47H2,1-5H3/p+1/b11-9-,17-15-,23-22-,33-30-,39-37-. The Labute approximate surface area is 368 Å². The second-order valence-corrected chi connectivity index (χ2v) is 18.6. The van der Waals surface area contributed by atoms with Crippen molar-refractivity contribution in [1.29, 1.82) is 0 Å². The van der Waals surface area contributed by atoms with Crippen LogP contribution in [0.4, 0.5) is 0 Å². The van der Waals surface area contributed by atoms with Gasteiger partial charge in [0.1, 0.15) is 19.8 Å². The molecule has 10 heteroatoms. The summed E-state index contributed by atoms with van der Waals surface area (Å²) in [5.74, 6) is -0.894. The number of rotatable bonds is 43. The van der Waals surface area contributed by atoms with Crippen molar-refractivity contribution in [2.24, 2.45) is 0 Å². The van der Waals surface area contributed by atoms with Crippen LogP contribution in [-0.2, 0) is 32.7 Å². The van der Waals surface area contributed by atoms with Crippen LogP contribution in [0.25, 0.3) is 0 Å². The number of carbonyl (C=O) groups is 2. The molecule has 0 aliphatic heterocycles. The number of likely N-dealkylation sites (N-methyl/N-ethyl adjacent to an activating group) is 1. The van der Waals surface area contributed by atoms with E-state index in [2.05, 4.69) is 62.5 Å². The monoisotopic (exact) mass is 865 g/mol. The number of ether oxygens (including phenoxy) is 2. The number of esters is 2. The number of nitrogens with zero attached hydrogens (tertiary/aromatic N) is 1. The van der Waals surface area contributed by atoms with Crippen molar-refractivity contribution in [3.05, 3.63) is 60.8 Å². The van der Waals surface area contributed by atoms with Crippen LogP contribution in [0, 0.1) is 0 Å². The van der Waals surface area contributed by atoms with Crippen LogP contribution >= 0.6 is 7.82 Å². The molecule has 0 aliphatic rings. The Morgan fingerprint density at radius 3 is 1.48 bits per heavy atom. The molecule has 0 saturated heterocycles. The van der Waals surface area contributed by atoms with E-state index in [0.29, 0.717) is 17.4 Å². The molecule has 0 heterocycles. The molecule has 0 aromatic heterocycles. The maximum Gasteiger partial charge on any atom is 0.472 e. The number of phosphoric acid groups is 1. The molecule has 0 bridgehead atoms. The van der Waals surface area contributed by atoms with Gasteiger partial charge in [-0.2, -0.15) is 0 Å². The van der Waals surface area contributed by atoms with E-state index < -0.39 is 26.5 Å². The first-order valence-corrected chi connectivity index (χ1v) is 25.5. The van der Waals surface area contributed by atoms with Gasteiger partial charge in [0.05, 0.1) is 27.7 Å². The average molecular weight is 865 g/mol. The van der Waals surface area contributed by atoms with Gasteiger partial charge in [-0.1, -0.05) is 177 Å². The first-order valence-electron chi connectivity index (χ1n) is 24.0. The fraction of sp³-hybridized carbons (Fsp3) is 0.760. The fourth-order valence-corrected chi connectivity index (χ4v) is 7.06. The molecule has 0 saturated carbocycles.